The fourth-order valence-electron chi connectivity index (χ4n) is 5.66. The molecule has 0 saturated carbocycles. The Morgan fingerprint density at radius 1 is 0.618 bits per heavy atom. The Hall–Kier alpha value is -2.64. The van der Waals surface area contributed by atoms with E-state index in [0.717, 1.165) is 4.47 Å². The van der Waals surface area contributed by atoms with E-state index in [4.69, 9.17) is 0 Å². The van der Waals surface area contributed by atoms with Gasteiger partial charge in [-0.05, 0) is 55.8 Å². The molecule has 172 valence electrons. The first-order valence-electron chi connectivity index (χ1n) is 12.2. The van der Waals surface area contributed by atoms with Crippen LogP contribution in [0.2, 0.25) is 0 Å². The Balaban J connectivity index is 2.07. The van der Waals surface area contributed by atoms with Gasteiger partial charge in [-0.3, -0.25) is 0 Å². The van der Waals surface area contributed by atoms with Crippen molar-refractivity contribution in [2.75, 3.05) is 0 Å². The van der Waals surface area contributed by atoms with Gasteiger partial charge in [0.1, 0.15) is 0 Å². The van der Waals surface area contributed by atoms with Gasteiger partial charge in [0, 0.05) is 10.0 Å². The molecule has 0 unspecified atom stereocenters. The number of benzene rings is 4. The van der Waals surface area contributed by atoms with Crippen molar-refractivity contribution in [2.45, 2.75) is 57.8 Å². The third kappa shape index (κ3) is 3.40. The van der Waals surface area contributed by atoms with Crippen LogP contribution in [-0.2, 0) is 16.2 Å². The van der Waals surface area contributed by atoms with Gasteiger partial charge in [-0.15, -0.1) is 0 Å². The Morgan fingerprint density at radius 2 is 1.18 bits per heavy atom. The summed E-state index contributed by atoms with van der Waals surface area (Å²) in [4.78, 5) is 0. The molecule has 0 fully saturated rings. The van der Waals surface area contributed by atoms with Crippen molar-refractivity contribution in [2.24, 2.45) is 0 Å². The van der Waals surface area contributed by atoms with Gasteiger partial charge in [0.2, 0.25) is 0 Å². The summed E-state index contributed by atoms with van der Waals surface area (Å²) in [6.07, 6.45) is 0. The van der Waals surface area contributed by atoms with E-state index in [1.165, 1.54) is 44.5 Å². The minimum atomic E-state index is -0.379. The summed E-state index contributed by atoms with van der Waals surface area (Å²) in [6, 6.07) is 33.8. The number of hydrogen-bond acceptors (Lipinski definition) is 0. The van der Waals surface area contributed by atoms with E-state index in [-0.39, 0.29) is 16.2 Å². The Kier molecular flexibility index (Phi) is 5.41. The first-order chi connectivity index (χ1) is 16.1. The van der Waals surface area contributed by atoms with E-state index < -0.39 is 0 Å². The maximum Gasteiger partial charge on any atom is 0.0716 e. The molecule has 0 radical (unpaired) electrons. The fourth-order valence-corrected chi connectivity index (χ4v) is 6.24. The number of fused-ring (bicyclic) bond motifs is 3. The highest BCUT2D eigenvalue weighted by molar-refractivity contribution is 9.10. The first kappa shape index (κ1) is 23.1. The smallest absolute Gasteiger partial charge is 0.0622 e. The van der Waals surface area contributed by atoms with Gasteiger partial charge in [0.05, 0.1) is 5.41 Å². The molecule has 0 bridgehead atoms. The standard InChI is InChI=1S/C33H33Br/c1-31(2,3)24-20-25-29-26(18-13-19-28(29)34)33(22-14-9-7-10-15-22,23-16-11-8-12-17-23)30(25)27(21-24)32(4,5)6/h7-21H,1-6H3. The predicted octanol–water partition coefficient (Wildman–Crippen LogP) is 9.41. The second-order valence-electron chi connectivity index (χ2n) is 11.6. The molecule has 4 aromatic carbocycles. The monoisotopic (exact) mass is 508 g/mol. The zero-order chi connectivity index (χ0) is 24.3. The Morgan fingerprint density at radius 3 is 1.68 bits per heavy atom. The lowest BCUT2D eigenvalue weighted by Crippen LogP contribution is -2.32. The molecule has 5 rings (SSSR count). The molecular formula is C33H33Br. The number of hydrogen-bond donors (Lipinski definition) is 0. The molecule has 4 aromatic rings. The second-order valence-corrected chi connectivity index (χ2v) is 12.4. The van der Waals surface area contributed by atoms with Crippen LogP contribution in [0.15, 0.2) is 95.5 Å². The van der Waals surface area contributed by atoms with Crippen molar-refractivity contribution >= 4 is 15.9 Å². The van der Waals surface area contributed by atoms with E-state index in [1.807, 2.05) is 0 Å². The lowest BCUT2D eigenvalue weighted by atomic mass is 9.63. The lowest BCUT2D eigenvalue weighted by Gasteiger charge is -2.38. The van der Waals surface area contributed by atoms with Gasteiger partial charge < -0.3 is 0 Å². The predicted molar refractivity (Wildman–Crippen MR) is 149 cm³/mol. The quantitative estimate of drug-likeness (QED) is 0.222. The molecule has 1 heteroatoms. The van der Waals surface area contributed by atoms with Gasteiger partial charge in [0.15, 0.2) is 0 Å². The summed E-state index contributed by atoms with van der Waals surface area (Å²) in [5.41, 5.74) is 10.5. The van der Waals surface area contributed by atoms with Crippen LogP contribution in [-0.4, -0.2) is 0 Å². The molecule has 0 nitrogen and oxygen atoms in total. The first-order valence-corrected chi connectivity index (χ1v) is 13.0. The van der Waals surface area contributed by atoms with Crippen molar-refractivity contribution in [3.63, 3.8) is 0 Å². The van der Waals surface area contributed by atoms with Crippen molar-refractivity contribution in [3.8, 4) is 11.1 Å². The normalized spacial score (nSPS) is 14.6. The van der Waals surface area contributed by atoms with Crippen LogP contribution >= 0.6 is 15.9 Å². The average molecular weight is 510 g/mol. The highest BCUT2D eigenvalue weighted by atomic mass is 79.9. The van der Waals surface area contributed by atoms with Crippen LogP contribution < -0.4 is 0 Å². The van der Waals surface area contributed by atoms with Crippen molar-refractivity contribution in [1.29, 1.82) is 0 Å². The average Bonchev–Trinajstić information content (AvgIpc) is 3.10. The SMILES string of the molecule is CC(C)(C)c1cc2c(c(C(C)(C)C)c1)C(c1ccccc1)(c1ccccc1)c1cccc(Br)c1-2. The van der Waals surface area contributed by atoms with Crippen molar-refractivity contribution in [1.82, 2.24) is 0 Å². The van der Waals surface area contributed by atoms with E-state index >= 15 is 0 Å². The number of rotatable bonds is 2. The summed E-state index contributed by atoms with van der Waals surface area (Å²) in [5, 5.41) is 0. The third-order valence-electron chi connectivity index (χ3n) is 7.29. The van der Waals surface area contributed by atoms with Gasteiger partial charge >= 0.3 is 0 Å². The minimum Gasteiger partial charge on any atom is -0.0622 e. The molecule has 34 heavy (non-hydrogen) atoms. The van der Waals surface area contributed by atoms with Crippen LogP contribution in [0.3, 0.4) is 0 Å². The molecule has 1 aliphatic rings. The summed E-state index contributed by atoms with van der Waals surface area (Å²) < 4.78 is 1.16. The molecule has 0 amide bonds. The lowest BCUT2D eigenvalue weighted by molar-refractivity contribution is 0.557. The summed E-state index contributed by atoms with van der Waals surface area (Å²) >= 11 is 3.96. The van der Waals surface area contributed by atoms with Crippen molar-refractivity contribution in [3.05, 3.63) is 129 Å². The molecule has 0 saturated heterocycles. The maximum absolute atomic E-state index is 3.96. The van der Waals surface area contributed by atoms with Gasteiger partial charge in [0.25, 0.3) is 0 Å². The second kappa shape index (κ2) is 7.95. The Labute approximate surface area is 213 Å². The summed E-state index contributed by atoms with van der Waals surface area (Å²) in [6.45, 7) is 14.0. The minimum absolute atomic E-state index is 0.0192. The molecule has 0 heterocycles. The van der Waals surface area contributed by atoms with Crippen LogP contribution in [0.25, 0.3) is 11.1 Å². The van der Waals surface area contributed by atoms with Gasteiger partial charge in [-0.1, -0.05) is 142 Å². The summed E-state index contributed by atoms with van der Waals surface area (Å²) in [5.74, 6) is 0. The fraction of sp³-hybridized carbons (Fsp3) is 0.273. The van der Waals surface area contributed by atoms with Crippen LogP contribution in [0.1, 0.15) is 74.9 Å². The molecule has 0 aromatic heterocycles. The Bertz CT molecular complexity index is 1310. The van der Waals surface area contributed by atoms with Crippen LogP contribution in [0.4, 0.5) is 0 Å². The number of halogens is 1. The van der Waals surface area contributed by atoms with Crippen LogP contribution in [0.5, 0.6) is 0 Å². The van der Waals surface area contributed by atoms with Gasteiger partial charge in [-0.25, -0.2) is 0 Å². The third-order valence-corrected chi connectivity index (χ3v) is 7.95. The van der Waals surface area contributed by atoms with Gasteiger partial charge in [-0.2, -0.15) is 0 Å². The highest BCUT2D eigenvalue weighted by Crippen LogP contribution is 2.60. The molecule has 0 N–H and O–H groups in total. The van der Waals surface area contributed by atoms with Crippen molar-refractivity contribution < 1.29 is 0 Å². The topological polar surface area (TPSA) is 0 Å². The molecule has 1 aliphatic carbocycles. The van der Waals surface area contributed by atoms with Crippen LogP contribution in [0, 0.1) is 0 Å². The molecular weight excluding hydrogens is 476 g/mol. The highest BCUT2D eigenvalue weighted by Gasteiger charge is 2.49. The van der Waals surface area contributed by atoms with E-state index in [9.17, 15) is 0 Å². The van der Waals surface area contributed by atoms with E-state index in [2.05, 4.69) is 148 Å². The molecule has 0 spiro atoms. The van der Waals surface area contributed by atoms with E-state index in [1.54, 1.807) is 0 Å². The van der Waals surface area contributed by atoms with E-state index in [0.29, 0.717) is 0 Å². The zero-order valence-corrected chi connectivity index (χ0v) is 22.6. The molecule has 0 aliphatic heterocycles. The molecule has 0 atom stereocenters. The maximum atomic E-state index is 3.96. The summed E-state index contributed by atoms with van der Waals surface area (Å²) in [7, 11) is 0. The zero-order valence-electron chi connectivity index (χ0n) is 21.0. The largest absolute Gasteiger partial charge is 0.0716 e.